The smallest absolute Gasteiger partial charge is 0.282 e. The van der Waals surface area contributed by atoms with Gasteiger partial charge in [-0.05, 0) is 18.2 Å². The molecule has 2 heterocycles. The van der Waals surface area contributed by atoms with E-state index in [1.807, 2.05) is 0 Å². The largest absolute Gasteiger partial charge is 0.491 e. The van der Waals surface area contributed by atoms with Crippen molar-refractivity contribution in [3.8, 4) is 5.75 Å². The summed E-state index contributed by atoms with van der Waals surface area (Å²) in [5.74, 6) is -0.266. The highest BCUT2D eigenvalue weighted by Gasteiger charge is 2.34. The Kier molecular flexibility index (Phi) is 7.10. The zero-order chi connectivity index (χ0) is 20.1. The normalized spacial score (nSPS) is 19.6. The molecular formula is C17H23ClFN3O5S. The van der Waals surface area contributed by atoms with E-state index in [2.05, 4.69) is 0 Å². The van der Waals surface area contributed by atoms with Crippen molar-refractivity contribution < 1.29 is 27.1 Å². The van der Waals surface area contributed by atoms with Gasteiger partial charge in [0.15, 0.2) is 0 Å². The highest BCUT2D eigenvalue weighted by molar-refractivity contribution is 7.86. The van der Waals surface area contributed by atoms with Crippen molar-refractivity contribution in [2.75, 3.05) is 59.1 Å². The zero-order valence-electron chi connectivity index (χ0n) is 15.4. The molecule has 0 radical (unpaired) electrons. The van der Waals surface area contributed by atoms with Crippen LogP contribution >= 0.6 is 11.6 Å². The predicted molar refractivity (Wildman–Crippen MR) is 101 cm³/mol. The van der Waals surface area contributed by atoms with Gasteiger partial charge in [0.1, 0.15) is 11.6 Å². The quantitative estimate of drug-likeness (QED) is 0.665. The van der Waals surface area contributed by atoms with Crippen LogP contribution in [-0.2, 0) is 19.7 Å². The summed E-state index contributed by atoms with van der Waals surface area (Å²) < 4.78 is 51.8. The Morgan fingerprint density at radius 1 is 1.11 bits per heavy atom. The van der Waals surface area contributed by atoms with Crippen LogP contribution in [0.25, 0.3) is 0 Å². The third-order valence-corrected chi connectivity index (χ3v) is 7.01. The number of hydrogen-bond donors (Lipinski definition) is 0. The van der Waals surface area contributed by atoms with Crippen LogP contribution < -0.4 is 4.74 Å². The SMILES string of the molecule is O=C(CCOc1ccc(F)cc1Cl)N1CCN(S(=O)(=O)N2CCOCC2)CC1. The second-order valence-electron chi connectivity index (χ2n) is 6.47. The molecule has 0 unspecified atom stereocenters. The molecular weight excluding hydrogens is 413 g/mol. The second kappa shape index (κ2) is 9.36. The van der Waals surface area contributed by atoms with Gasteiger partial charge in [0.05, 0.1) is 31.3 Å². The summed E-state index contributed by atoms with van der Waals surface area (Å²) in [5.41, 5.74) is 0. The third-order valence-electron chi connectivity index (χ3n) is 4.68. The molecule has 1 aromatic rings. The lowest BCUT2D eigenvalue weighted by Crippen LogP contribution is -2.55. The topological polar surface area (TPSA) is 79.4 Å². The fourth-order valence-corrected chi connectivity index (χ4v) is 4.89. The summed E-state index contributed by atoms with van der Waals surface area (Å²) in [6, 6.07) is 3.79. The highest BCUT2D eigenvalue weighted by atomic mass is 35.5. The fraction of sp³-hybridized carbons (Fsp3) is 0.588. The van der Waals surface area contributed by atoms with Crippen molar-refractivity contribution in [2.24, 2.45) is 0 Å². The molecule has 0 aromatic heterocycles. The minimum Gasteiger partial charge on any atom is -0.491 e. The second-order valence-corrected chi connectivity index (χ2v) is 8.81. The molecule has 156 valence electrons. The van der Waals surface area contributed by atoms with E-state index in [0.29, 0.717) is 45.1 Å². The van der Waals surface area contributed by atoms with E-state index >= 15 is 0 Å². The molecule has 0 spiro atoms. The van der Waals surface area contributed by atoms with Gasteiger partial charge >= 0.3 is 0 Å². The number of halogens is 2. The monoisotopic (exact) mass is 435 g/mol. The molecule has 1 aromatic carbocycles. The molecule has 1 amide bonds. The van der Waals surface area contributed by atoms with Crippen molar-refractivity contribution in [1.29, 1.82) is 0 Å². The number of piperazine rings is 1. The molecule has 28 heavy (non-hydrogen) atoms. The van der Waals surface area contributed by atoms with Gasteiger partial charge in [-0.1, -0.05) is 11.6 Å². The van der Waals surface area contributed by atoms with Gasteiger partial charge < -0.3 is 14.4 Å². The van der Waals surface area contributed by atoms with E-state index in [9.17, 15) is 17.6 Å². The van der Waals surface area contributed by atoms with Crippen molar-refractivity contribution in [3.63, 3.8) is 0 Å². The molecule has 2 fully saturated rings. The predicted octanol–water partition coefficient (Wildman–Crippen LogP) is 0.969. The van der Waals surface area contributed by atoms with Crippen LogP contribution in [0.1, 0.15) is 6.42 Å². The van der Waals surface area contributed by atoms with E-state index < -0.39 is 16.0 Å². The maximum atomic E-state index is 13.0. The number of morpholine rings is 1. The molecule has 0 bridgehead atoms. The average Bonchev–Trinajstić information content (AvgIpc) is 2.70. The van der Waals surface area contributed by atoms with Gasteiger partial charge in [0, 0.05) is 39.3 Å². The summed E-state index contributed by atoms with van der Waals surface area (Å²) in [6.07, 6.45) is 0.129. The minimum atomic E-state index is -3.52. The lowest BCUT2D eigenvalue weighted by atomic mass is 10.3. The molecule has 0 atom stereocenters. The summed E-state index contributed by atoms with van der Waals surface area (Å²) in [5, 5.41) is 0.148. The van der Waals surface area contributed by atoms with Crippen molar-refractivity contribution >= 4 is 27.7 Å². The molecule has 0 saturated carbocycles. The number of carbonyl (C=O) groups excluding carboxylic acids is 1. The first kappa shape index (κ1) is 21.3. The van der Waals surface area contributed by atoms with Crippen molar-refractivity contribution in [2.45, 2.75) is 6.42 Å². The van der Waals surface area contributed by atoms with Crippen LogP contribution in [0, 0.1) is 5.82 Å². The molecule has 8 nitrogen and oxygen atoms in total. The van der Waals surface area contributed by atoms with Gasteiger partial charge in [-0.25, -0.2) is 4.39 Å². The van der Waals surface area contributed by atoms with Crippen LogP contribution in [0.15, 0.2) is 18.2 Å². The van der Waals surface area contributed by atoms with Crippen LogP contribution in [0.4, 0.5) is 4.39 Å². The number of amides is 1. The molecule has 11 heteroatoms. The van der Waals surface area contributed by atoms with Gasteiger partial charge in [-0.15, -0.1) is 0 Å². The summed E-state index contributed by atoms with van der Waals surface area (Å²) in [7, 11) is -3.52. The lowest BCUT2D eigenvalue weighted by molar-refractivity contribution is -0.132. The molecule has 3 rings (SSSR count). The van der Waals surface area contributed by atoms with E-state index in [1.165, 1.54) is 20.7 Å². The van der Waals surface area contributed by atoms with Crippen LogP contribution in [-0.4, -0.2) is 86.9 Å². The summed E-state index contributed by atoms with van der Waals surface area (Å²) >= 11 is 5.88. The first-order valence-electron chi connectivity index (χ1n) is 9.06. The number of rotatable bonds is 6. The molecule has 0 aliphatic carbocycles. The lowest BCUT2D eigenvalue weighted by Gasteiger charge is -2.37. The van der Waals surface area contributed by atoms with Crippen LogP contribution in [0.3, 0.4) is 0 Å². The van der Waals surface area contributed by atoms with Crippen molar-refractivity contribution in [3.05, 3.63) is 29.0 Å². The Hall–Kier alpha value is -1.46. The maximum absolute atomic E-state index is 13.0. The standard InChI is InChI=1S/C17H23ClFN3O5S/c18-15-13-14(19)1-2-16(15)27-10-3-17(23)20-4-6-21(7-5-20)28(24,25)22-8-11-26-12-9-22/h1-2,13H,3-12H2. The Labute approximate surface area is 168 Å². The Bertz CT molecular complexity index is 796. The number of benzene rings is 1. The Morgan fingerprint density at radius 2 is 1.75 bits per heavy atom. The Morgan fingerprint density at radius 3 is 2.39 bits per heavy atom. The van der Waals surface area contributed by atoms with E-state index in [-0.39, 0.29) is 37.0 Å². The van der Waals surface area contributed by atoms with Gasteiger partial charge in [-0.2, -0.15) is 17.0 Å². The van der Waals surface area contributed by atoms with E-state index in [1.54, 1.807) is 4.90 Å². The molecule has 2 aliphatic rings. The van der Waals surface area contributed by atoms with Gasteiger partial charge in [-0.3, -0.25) is 4.79 Å². The number of hydrogen-bond acceptors (Lipinski definition) is 5. The number of nitrogens with zero attached hydrogens (tertiary/aromatic N) is 3. The molecule has 0 N–H and O–H groups in total. The van der Waals surface area contributed by atoms with Crippen LogP contribution in [0.5, 0.6) is 5.75 Å². The average molecular weight is 436 g/mol. The van der Waals surface area contributed by atoms with Gasteiger partial charge in [0.25, 0.3) is 10.2 Å². The minimum absolute atomic E-state index is 0.108. The van der Waals surface area contributed by atoms with E-state index in [4.69, 9.17) is 21.1 Å². The van der Waals surface area contributed by atoms with Crippen molar-refractivity contribution in [1.82, 2.24) is 13.5 Å². The van der Waals surface area contributed by atoms with Gasteiger partial charge in [0.2, 0.25) is 5.91 Å². The highest BCUT2D eigenvalue weighted by Crippen LogP contribution is 2.25. The molecule has 2 saturated heterocycles. The van der Waals surface area contributed by atoms with E-state index in [0.717, 1.165) is 6.07 Å². The summed E-state index contributed by atoms with van der Waals surface area (Å²) in [6.45, 7) is 2.79. The number of ether oxygens (including phenoxy) is 2. The first-order valence-corrected chi connectivity index (χ1v) is 10.8. The summed E-state index contributed by atoms with van der Waals surface area (Å²) in [4.78, 5) is 14.0. The van der Waals surface area contributed by atoms with Crippen LogP contribution in [0.2, 0.25) is 5.02 Å². The maximum Gasteiger partial charge on any atom is 0.282 e. The number of carbonyl (C=O) groups is 1. The zero-order valence-corrected chi connectivity index (χ0v) is 16.9. The first-order chi connectivity index (χ1) is 13.4. The Balaban J connectivity index is 1.44. The third kappa shape index (κ3) is 5.12. The molecule has 2 aliphatic heterocycles. The fourth-order valence-electron chi connectivity index (χ4n) is 3.11.